The Morgan fingerprint density at radius 2 is 1.63 bits per heavy atom. The van der Waals surface area contributed by atoms with Crippen LogP contribution in [-0.2, 0) is 6.54 Å². The summed E-state index contributed by atoms with van der Waals surface area (Å²) in [6, 6.07) is 15.1. The normalized spacial score (nSPS) is 10.2. The predicted octanol–water partition coefficient (Wildman–Crippen LogP) is 3.26. The van der Waals surface area contributed by atoms with E-state index in [1.54, 1.807) is 6.07 Å². The molecule has 2 rings (SSSR count). The number of hydrogen-bond acceptors (Lipinski definition) is 3. The highest BCUT2D eigenvalue weighted by Gasteiger charge is 2.06. The standard InChI is InChI=1S/C15H16ClNO2/c16-14-7-4-8-15(13(14)11-17)19-10-9-18-12-5-2-1-3-6-12/h1-8H,9-11,17H2. The monoisotopic (exact) mass is 277 g/mol. The number of benzene rings is 2. The molecule has 0 spiro atoms. The van der Waals surface area contributed by atoms with Crippen LogP contribution in [-0.4, -0.2) is 13.2 Å². The highest BCUT2D eigenvalue weighted by molar-refractivity contribution is 6.31. The molecule has 100 valence electrons. The molecular weight excluding hydrogens is 262 g/mol. The number of para-hydroxylation sites is 1. The minimum absolute atomic E-state index is 0.356. The maximum Gasteiger partial charge on any atom is 0.125 e. The molecule has 0 aliphatic carbocycles. The Kier molecular flexibility index (Phi) is 5.07. The predicted molar refractivity (Wildman–Crippen MR) is 76.8 cm³/mol. The van der Waals surface area contributed by atoms with Crippen LogP contribution in [0.1, 0.15) is 5.56 Å². The van der Waals surface area contributed by atoms with Gasteiger partial charge in [0.05, 0.1) is 0 Å². The maximum atomic E-state index is 6.05. The number of halogens is 1. The molecule has 19 heavy (non-hydrogen) atoms. The van der Waals surface area contributed by atoms with Crippen molar-refractivity contribution in [3.63, 3.8) is 0 Å². The van der Waals surface area contributed by atoms with Crippen molar-refractivity contribution in [1.29, 1.82) is 0 Å². The first-order valence-corrected chi connectivity index (χ1v) is 6.47. The van der Waals surface area contributed by atoms with E-state index in [4.69, 9.17) is 26.8 Å². The Morgan fingerprint density at radius 3 is 2.37 bits per heavy atom. The van der Waals surface area contributed by atoms with Crippen LogP contribution in [0.2, 0.25) is 5.02 Å². The van der Waals surface area contributed by atoms with E-state index >= 15 is 0 Å². The molecule has 2 aromatic carbocycles. The van der Waals surface area contributed by atoms with Crippen molar-refractivity contribution in [3.05, 3.63) is 59.1 Å². The summed E-state index contributed by atoms with van der Waals surface area (Å²) in [5.74, 6) is 1.54. The summed E-state index contributed by atoms with van der Waals surface area (Å²) < 4.78 is 11.2. The van der Waals surface area contributed by atoms with Crippen LogP contribution in [0, 0.1) is 0 Å². The van der Waals surface area contributed by atoms with Crippen LogP contribution < -0.4 is 15.2 Å². The van der Waals surface area contributed by atoms with Crippen molar-refractivity contribution in [2.24, 2.45) is 5.73 Å². The van der Waals surface area contributed by atoms with Crippen LogP contribution in [0.4, 0.5) is 0 Å². The van der Waals surface area contributed by atoms with Crippen molar-refractivity contribution in [1.82, 2.24) is 0 Å². The molecule has 0 heterocycles. The average molecular weight is 278 g/mol. The SMILES string of the molecule is NCc1c(Cl)cccc1OCCOc1ccccc1. The van der Waals surface area contributed by atoms with E-state index < -0.39 is 0 Å². The molecule has 0 unspecified atom stereocenters. The Labute approximate surface area is 117 Å². The quantitative estimate of drug-likeness (QED) is 0.825. The van der Waals surface area contributed by atoms with Crippen molar-refractivity contribution < 1.29 is 9.47 Å². The molecule has 0 saturated carbocycles. The lowest BCUT2D eigenvalue weighted by molar-refractivity contribution is 0.216. The van der Waals surface area contributed by atoms with Crippen molar-refractivity contribution in [2.45, 2.75) is 6.54 Å². The van der Waals surface area contributed by atoms with Gasteiger partial charge in [-0.15, -0.1) is 0 Å². The van der Waals surface area contributed by atoms with Gasteiger partial charge in [0.25, 0.3) is 0 Å². The lowest BCUT2D eigenvalue weighted by Crippen LogP contribution is -2.11. The first-order chi connectivity index (χ1) is 9.31. The summed E-state index contributed by atoms with van der Waals surface area (Å²) in [7, 11) is 0. The molecular formula is C15H16ClNO2. The van der Waals surface area contributed by atoms with Gasteiger partial charge in [0.2, 0.25) is 0 Å². The molecule has 0 saturated heterocycles. The fourth-order valence-corrected chi connectivity index (χ4v) is 1.94. The van der Waals surface area contributed by atoms with E-state index in [1.165, 1.54) is 0 Å². The van der Waals surface area contributed by atoms with Gasteiger partial charge in [-0.25, -0.2) is 0 Å². The van der Waals surface area contributed by atoms with Gasteiger partial charge in [0, 0.05) is 17.1 Å². The number of nitrogens with two attached hydrogens (primary N) is 1. The summed E-state index contributed by atoms with van der Waals surface area (Å²) in [5.41, 5.74) is 6.47. The molecule has 0 fully saturated rings. The second-order valence-corrected chi connectivity index (χ2v) is 4.34. The molecule has 0 aliphatic heterocycles. The molecule has 3 nitrogen and oxygen atoms in total. The van der Waals surface area contributed by atoms with E-state index in [2.05, 4.69) is 0 Å². The number of rotatable bonds is 6. The molecule has 0 amide bonds. The Bertz CT molecular complexity index is 517. The van der Waals surface area contributed by atoms with Crippen molar-refractivity contribution >= 4 is 11.6 Å². The zero-order valence-corrected chi connectivity index (χ0v) is 11.3. The van der Waals surface area contributed by atoms with Gasteiger partial charge in [0.1, 0.15) is 24.7 Å². The third kappa shape index (κ3) is 3.88. The summed E-state index contributed by atoms with van der Waals surface area (Å²) in [6.45, 7) is 1.28. The molecule has 4 heteroatoms. The molecule has 2 aromatic rings. The topological polar surface area (TPSA) is 44.5 Å². The van der Waals surface area contributed by atoms with Crippen molar-refractivity contribution in [2.75, 3.05) is 13.2 Å². The Balaban J connectivity index is 1.85. The van der Waals surface area contributed by atoms with Gasteiger partial charge < -0.3 is 15.2 Å². The lowest BCUT2D eigenvalue weighted by Gasteiger charge is -2.12. The Hall–Kier alpha value is -1.71. The van der Waals surface area contributed by atoms with E-state index in [-0.39, 0.29) is 0 Å². The van der Waals surface area contributed by atoms with Gasteiger partial charge in [0.15, 0.2) is 0 Å². The molecule has 0 aliphatic rings. The van der Waals surface area contributed by atoms with Crippen LogP contribution >= 0.6 is 11.6 Å². The van der Waals surface area contributed by atoms with Gasteiger partial charge >= 0.3 is 0 Å². The third-order valence-corrected chi connectivity index (χ3v) is 2.99. The summed E-state index contributed by atoms with van der Waals surface area (Å²) in [4.78, 5) is 0. The van der Waals surface area contributed by atoms with Crippen LogP contribution in [0.5, 0.6) is 11.5 Å². The highest BCUT2D eigenvalue weighted by Crippen LogP contribution is 2.25. The van der Waals surface area contributed by atoms with Gasteiger partial charge in [-0.2, -0.15) is 0 Å². The minimum Gasteiger partial charge on any atom is -0.490 e. The maximum absolute atomic E-state index is 6.05. The van der Waals surface area contributed by atoms with Gasteiger partial charge in [-0.05, 0) is 24.3 Å². The van der Waals surface area contributed by atoms with E-state index in [1.807, 2.05) is 42.5 Å². The molecule has 0 bridgehead atoms. The van der Waals surface area contributed by atoms with Crippen LogP contribution in [0.3, 0.4) is 0 Å². The average Bonchev–Trinajstić information content (AvgIpc) is 2.45. The lowest BCUT2D eigenvalue weighted by atomic mass is 10.2. The third-order valence-electron chi connectivity index (χ3n) is 2.63. The van der Waals surface area contributed by atoms with E-state index in [9.17, 15) is 0 Å². The largest absolute Gasteiger partial charge is 0.490 e. The second-order valence-electron chi connectivity index (χ2n) is 3.93. The van der Waals surface area contributed by atoms with Crippen LogP contribution in [0.15, 0.2) is 48.5 Å². The zero-order valence-electron chi connectivity index (χ0n) is 10.5. The second kappa shape index (κ2) is 7.02. The van der Waals surface area contributed by atoms with Crippen molar-refractivity contribution in [3.8, 4) is 11.5 Å². The highest BCUT2D eigenvalue weighted by atomic mass is 35.5. The summed E-state index contributed by atoms with van der Waals surface area (Å²) >= 11 is 6.05. The molecule has 0 radical (unpaired) electrons. The van der Waals surface area contributed by atoms with E-state index in [0.29, 0.717) is 30.5 Å². The van der Waals surface area contributed by atoms with Crippen LogP contribution in [0.25, 0.3) is 0 Å². The molecule has 0 atom stereocenters. The van der Waals surface area contributed by atoms with Gasteiger partial charge in [-0.3, -0.25) is 0 Å². The summed E-state index contributed by atoms with van der Waals surface area (Å²) in [6.07, 6.45) is 0. The summed E-state index contributed by atoms with van der Waals surface area (Å²) in [5, 5.41) is 0.629. The smallest absolute Gasteiger partial charge is 0.125 e. The van der Waals surface area contributed by atoms with Gasteiger partial charge in [-0.1, -0.05) is 35.9 Å². The fraction of sp³-hybridized carbons (Fsp3) is 0.200. The molecule has 0 aromatic heterocycles. The Morgan fingerprint density at radius 1 is 0.895 bits per heavy atom. The zero-order chi connectivity index (χ0) is 13.5. The molecule has 2 N–H and O–H groups in total. The fourth-order valence-electron chi connectivity index (χ4n) is 1.70. The first kappa shape index (κ1) is 13.7. The number of hydrogen-bond donors (Lipinski definition) is 1. The number of ether oxygens (including phenoxy) is 2. The van der Waals surface area contributed by atoms with E-state index in [0.717, 1.165) is 11.3 Å². The minimum atomic E-state index is 0.356. The first-order valence-electron chi connectivity index (χ1n) is 6.09.